The first kappa shape index (κ1) is 22.2. The lowest BCUT2D eigenvalue weighted by Crippen LogP contribution is -2.21. The molecule has 0 spiro atoms. The molecule has 0 aliphatic heterocycles. The average molecular weight is 485 g/mol. The summed E-state index contributed by atoms with van der Waals surface area (Å²) in [6.45, 7) is -0.279. The van der Waals surface area contributed by atoms with E-state index in [-0.39, 0.29) is 25.0 Å². The number of halogens is 1. The Bertz CT molecular complexity index is 1030. The van der Waals surface area contributed by atoms with Crippen LogP contribution in [0.15, 0.2) is 77.3 Å². The van der Waals surface area contributed by atoms with Crippen LogP contribution in [0.4, 0.5) is 11.4 Å². The highest BCUT2D eigenvalue weighted by atomic mass is 79.9. The van der Waals surface area contributed by atoms with Crippen molar-refractivity contribution < 1.29 is 23.8 Å². The molecule has 0 aliphatic carbocycles. The molecule has 0 saturated carbocycles. The first-order valence-corrected chi connectivity index (χ1v) is 10.2. The third-order valence-corrected chi connectivity index (χ3v) is 4.58. The maximum Gasteiger partial charge on any atom is 0.262 e. The van der Waals surface area contributed by atoms with Gasteiger partial charge in [0.2, 0.25) is 0 Å². The molecule has 7 nitrogen and oxygen atoms in total. The van der Waals surface area contributed by atoms with Crippen molar-refractivity contribution in [2.45, 2.75) is 0 Å². The molecule has 0 heterocycles. The number of methoxy groups -OCH3 is 1. The van der Waals surface area contributed by atoms with Crippen LogP contribution >= 0.6 is 15.9 Å². The molecule has 3 aromatic rings. The Labute approximate surface area is 188 Å². The zero-order chi connectivity index (χ0) is 22.1. The quantitative estimate of drug-likeness (QED) is 0.467. The van der Waals surface area contributed by atoms with Crippen LogP contribution < -0.4 is 24.8 Å². The molecule has 0 aliphatic rings. The number of ether oxygens (including phenoxy) is 3. The van der Waals surface area contributed by atoms with Crippen molar-refractivity contribution in [3.8, 4) is 17.2 Å². The molecule has 0 saturated heterocycles. The Morgan fingerprint density at radius 3 is 2.06 bits per heavy atom. The zero-order valence-corrected chi connectivity index (χ0v) is 18.3. The van der Waals surface area contributed by atoms with Gasteiger partial charge in [0.1, 0.15) is 17.2 Å². The summed E-state index contributed by atoms with van der Waals surface area (Å²) < 4.78 is 17.1. The second-order valence-corrected chi connectivity index (χ2v) is 7.27. The summed E-state index contributed by atoms with van der Waals surface area (Å²) in [6, 6.07) is 21.2. The van der Waals surface area contributed by atoms with Gasteiger partial charge in [0.05, 0.1) is 12.8 Å². The van der Waals surface area contributed by atoms with Crippen LogP contribution in [0.2, 0.25) is 0 Å². The van der Waals surface area contributed by atoms with E-state index < -0.39 is 0 Å². The summed E-state index contributed by atoms with van der Waals surface area (Å²) >= 11 is 3.34. The van der Waals surface area contributed by atoms with Gasteiger partial charge in [-0.25, -0.2) is 0 Å². The molecule has 0 radical (unpaired) electrons. The molecule has 2 amide bonds. The number of hydrogen-bond donors (Lipinski definition) is 2. The van der Waals surface area contributed by atoms with Crippen molar-refractivity contribution in [1.29, 1.82) is 0 Å². The van der Waals surface area contributed by atoms with Gasteiger partial charge in [-0.05, 0) is 48.5 Å². The SMILES string of the molecule is COc1cc(NC(=O)COc2ccc(Br)cc2)ccc1NC(=O)COc1ccccc1. The highest BCUT2D eigenvalue weighted by Crippen LogP contribution is 2.28. The second kappa shape index (κ2) is 11.0. The predicted octanol–water partition coefficient (Wildman–Crippen LogP) is 4.49. The van der Waals surface area contributed by atoms with E-state index in [0.717, 1.165) is 4.47 Å². The number of benzene rings is 3. The Morgan fingerprint density at radius 2 is 1.42 bits per heavy atom. The smallest absolute Gasteiger partial charge is 0.262 e. The molecule has 0 aromatic heterocycles. The van der Waals surface area contributed by atoms with E-state index in [1.807, 2.05) is 30.3 Å². The summed E-state index contributed by atoms with van der Waals surface area (Å²) in [5.74, 6) is 0.944. The van der Waals surface area contributed by atoms with E-state index in [9.17, 15) is 9.59 Å². The average Bonchev–Trinajstić information content (AvgIpc) is 2.79. The normalized spacial score (nSPS) is 10.1. The lowest BCUT2D eigenvalue weighted by Gasteiger charge is -2.13. The number of anilines is 2. The molecule has 2 N–H and O–H groups in total. The van der Waals surface area contributed by atoms with Crippen LogP contribution in [-0.2, 0) is 9.59 Å². The van der Waals surface area contributed by atoms with Crippen molar-refractivity contribution in [2.24, 2.45) is 0 Å². The Hall–Kier alpha value is -3.52. The van der Waals surface area contributed by atoms with Gasteiger partial charge in [0.25, 0.3) is 11.8 Å². The number of nitrogens with one attached hydrogen (secondary N) is 2. The predicted molar refractivity (Wildman–Crippen MR) is 122 cm³/mol. The molecule has 0 bridgehead atoms. The topological polar surface area (TPSA) is 85.9 Å². The summed E-state index contributed by atoms with van der Waals surface area (Å²) in [6.07, 6.45) is 0. The summed E-state index contributed by atoms with van der Waals surface area (Å²) in [5, 5.41) is 5.47. The number of rotatable bonds is 9. The van der Waals surface area contributed by atoms with Gasteiger partial charge in [-0.15, -0.1) is 0 Å². The molecule has 0 unspecified atom stereocenters. The van der Waals surface area contributed by atoms with Crippen LogP contribution in [0.3, 0.4) is 0 Å². The highest BCUT2D eigenvalue weighted by molar-refractivity contribution is 9.10. The fourth-order valence-electron chi connectivity index (χ4n) is 2.60. The monoisotopic (exact) mass is 484 g/mol. The molecule has 8 heteroatoms. The maximum atomic E-state index is 12.2. The van der Waals surface area contributed by atoms with E-state index in [0.29, 0.717) is 28.6 Å². The fourth-order valence-corrected chi connectivity index (χ4v) is 2.87. The number of hydrogen-bond acceptors (Lipinski definition) is 5. The zero-order valence-electron chi connectivity index (χ0n) is 16.8. The molecule has 3 aromatic carbocycles. The van der Waals surface area contributed by atoms with Gasteiger partial charge < -0.3 is 24.8 Å². The van der Waals surface area contributed by atoms with Crippen LogP contribution in [0.5, 0.6) is 17.2 Å². The van der Waals surface area contributed by atoms with Gasteiger partial charge >= 0.3 is 0 Å². The lowest BCUT2D eigenvalue weighted by molar-refractivity contribution is -0.118. The van der Waals surface area contributed by atoms with Crippen molar-refractivity contribution in [3.05, 3.63) is 77.3 Å². The molecule has 0 atom stereocenters. The third kappa shape index (κ3) is 7.04. The number of carbonyl (C=O) groups is 2. The van der Waals surface area contributed by atoms with Crippen molar-refractivity contribution in [2.75, 3.05) is 31.0 Å². The summed E-state index contributed by atoms with van der Waals surface area (Å²) in [4.78, 5) is 24.3. The van der Waals surface area contributed by atoms with Gasteiger partial charge in [0.15, 0.2) is 13.2 Å². The van der Waals surface area contributed by atoms with Crippen LogP contribution in [0.1, 0.15) is 0 Å². The highest BCUT2D eigenvalue weighted by Gasteiger charge is 2.11. The fraction of sp³-hybridized carbons (Fsp3) is 0.130. The molecule has 160 valence electrons. The van der Waals surface area contributed by atoms with E-state index in [4.69, 9.17) is 14.2 Å². The van der Waals surface area contributed by atoms with Gasteiger partial charge in [-0.3, -0.25) is 9.59 Å². The van der Waals surface area contributed by atoms with Crippen molar-refractivity contribution in [3.63, 3.8) is 0 Å². The minimum absolute atomic E-state index is 0.140. The van der Waals surface area contributed by atoms with Gasteiger partial charge in [-0.2, -0.15) is 0 Å². The van der Waals surface area contributed by atoms with E-state index in [1.165, 1.54) is 7.11 Å². The summed E-state index contributed by atoms with van der Waals surface area (Å²) in [7, 11) is 1.48. The first-order chi connectivity index (χ1) is 15.0. The molecule has 3 rings (SSSR count). The van der Waals surface area contributed by atoms with Crippen LogP contribution in [-0.4, -0.2) is 32.1 Å². The number of amides is 2. The second-order valence-electron chi connectivity index (χ2n) is 6.36. The van der Waals surface area contributed by atoms with Crippen LogP contribution in [0.25, 0.3) is 0 Å². The minimum Gasteiger partial charge on any atom is -0.494 e. The van der Waals surface area contributed by atoms with E-state index in [2.05, 4.69) is 26.6 Å². The minimum atomic E-state index is -0.332. The number of carbonyl (C=O) groups excluding carboxylic acids is 2. The third-order valence-electron chi connectivity index (χ3n) is 4.06. The van der Waals surface area contributed by atoms with Crippen LogP contribution in [0, 0.1) is 0 Å². The van der Waals surface area contributed by atoms with E-state index >= 15 is 0 Å². The first-order valence-electron chi connectivity index (χ1n) is 9.37. The Morgan fingerprint density at radius 1 is 0.806 bits per heavy atom. The lowest BCUT2D eigenvalue weighted by atomic mass is 10.2. The van der Waals surface area contributed by atoms with Crippen molar-refractivity contribution >= 4 is 39.1 Å². The van der Waals surface area contributed by atoms with E-state index in [1.54, 1.807) is 42.5 Å². The number of para-hydroxylation sites is 1. The maximum absolute atomic E-state index is 12.2. The standard InChI is InChI=1S/C23H21BrN2O5/c1-29-21-13-17(25-22(27)14-31-19-10-7-16(24)8-11-19)9-12-20(21)26-23(28)15-30-18-5-3-2-4-6-18/h2-13H,14-15H2,1H3,(H,25,27)(H,26,28). The molecule has 0 fully saturated rings. The summed E-state index contributed by atoms with van der Waals surface area (Å²) in [5.41, 5.74) is 0.980. The largest absolute Gasteiger partial charge is 0.494 e. The Kier molecular flexibility index (Phi) is 7.89. The molecule has 31 heavy (non-hydrogen) atoms. The van der Waals surface area contributed by atoms with Gasteiger partial charge in [-0.1, -0.05) is 34.1 Å². The Balaban J connectivity index is 1.53. The van der Waals surface area contributed by atoms with Crippen molar-refractivity contribution in [1.82, 2.24) is 0 Å². The molecular formula is C23H21BrN2O5. The van der Waals surface area contributed by atoms with Gasteiger partial charge in [0, 0.05) is 16.2 Å². The molecular weight excluding hydrogens is 464 g/mol.